The summed E-state index contributed by atoms with van der Waals surface area (Å²) in [7, 11) is 0. The predicted octanol–water partition coefficient (Wildman–Crippen LogP) is 12.5. The number of anilines is 3. The lowest BCUT2D eigenvalue weighted by Gasteiger charge is -2.28. The highest BCUT2D eigenvalue weighted by Gasteiger charge is 2.18. The van der Waals surface area contributed by atoms with Crippen molar-refractivity contribution in [3.8, 4) is 33.4 Å². The summed E-state index contributed by atoms with van der Waals surface area (Å²) in [6, 6.07) is 67.6. The van der Waals surface area contributed by atoms with Crippen molar-refractivity contribution in [2.24, 2.45) is 0 Å². The van der Waals surface area contributed by atoms with Crippen molar-refractivity contribution in [1.82, 2.24) is 0 Å². The van der Waals surface area contributed by atoms with Crippen LogP contribution in [-0.4, -0.2) is 0 Å². The Kier molecular flexibility index (Phi) is 6.90. The van der Waals surface area contributed by atoms with E-state index in [0.717, 1.165) is 17.1 Å². The molecule has 0 fully saturated rings. The van der Waals surface area contributed by atoms with Gasteiger partial charge in [0.05, 0.1) is 5.69 Å². The van der Waals surface area contributed by atoms with E-state index >= 15 is 0 Å². The fourth-order valence-corrected chi connectivity index (χ4v) is 6.47. The molecule has 8 rings (SSSR count). The van der Waals surface area contributed by atoms with Crippen molar-refractivity contribution in [2.45, 2.75) is 0 Å². The summed E-state index contributed by atoms with van der Waals surface area (Å²) in [6.07, 6.45) is 0. The maximum absolute atomic E-state index is 2.40. The van der Waals surface area contributed by atoms with Crippen molar-refractivity contribution in [3.05, 3.63) is 188 Å². The molecular formula is C44H31N. The molecule has 1 nitrogen and oxygen atoms in total. The Balaban J connectivity index is 1.29. The molecule has 0 saturated carbocycles. The molecule has 0 amide bonds. The number of rotatable bonds is 6. The molecule has 0 aliphatic rings. The normalized spacial score (nSPS) is 11.1. The van der Waals surface area contributed by atoms with Crippen LogP contribution in [0.1, 0.15) is 0 Å². The molecule has 0 spiro atoms. The minimum absolute atomic E-state index is 1.11. The van der Waals surface area contributed by atoms with Crippen LogP contribution in [0.2, 0.25) is 0 Å². The standard InChI is InChI=1S/C44H31N/c1-3-13-32(14-4-1)33-23-27-37(28-24-33)45(44-31-36-17-7-8-20-41(36)42-21-11-12-22-43(42)44)38-29-25-35(26-30-38)40-19-10-9-18-39(40)34-15-5-2-6-16-34/h1-31H. The van der Waals surface area contributed by atoms with Crippen molar-refractivity contribution in [3.63, 3.8) is 0 Å². The Labute approximate surface area is 264 Å². The van der Waals surface area contributed by atoms with Crippen LogP contribution in [0.15, 0.2) is 188 Å². The van der Waals surface area contributed by atoms with Crippen LogP contribution < -0.4 is 4.90 Å². The molecule has 0 heterocycles. The molecule has 0 N–H and O–H groups in total. The van der Waals surface area contributed by atoms with E-state index in [1.165, 1.54) is 54.9 Å². The summed E-state index contributed by atoms with van der Waals surface area (Å²) >= 11 is 0. The van der Waals surface area contributed by atoms with Gasteiger partial charge in [0.1, 0.15) is 0 Å². The second kappa shape index (κ2) is 11.6. The van der Waals surface area contributed by atoms with E-state index in [1.54, 1.807) is 0 Å². The van der Waals surface area contributed by atoms with Gasteiger partial charge in [-0.15, -0.1) is 0 Å². The van der Waals surface area contributed by atoms with E-state index in [1.807, 2.05) is 0 Å². The zero-order valence-electron chi connectivity index (χ0n) is 24.8. The molecule has 0 aromatic heterocycles. The van der Waals surface area contributed by atoms with Crippen LogP contribution in [0.4, 0.5) is 17.1 Å². The van der Waals surface area contributed by atoms with E-state index in [4.69, 9.17) is 0 Å². The van der Waals surface area contributed by atoms with Gasteiger partial charge in [-0.2, -0.15) is 0 Å². The summed E-state index contributed by atoms with van der Waals surface area (Å²) in [4.78, 5) is 2.40. The van der Waals surface area contributed by atoms with Gasteiger partial charge in [0, 0.05) is 16.8 Å². The number of benzene rings is 8. The first-order valence-corrected chi connectivity index (χ1v) is 15.4. The van der Waals surface area contributed by atoms with Gasteiger partial charge in [-0.3, -0.25) is 0 Å². The quantitative estimate of drug-likeness (QED) is 0.179. The van der Waals surface area contributed by atoms with Crippen molar-refractivity contribution in [2.75, 3.05) is 4.90 Å². The lowest BCUT2D eigenvalue weighted by molar-refractivity contribution is 1.30. The van der Waals surface area contributed by atoms with Gasteiger partial charge >= 0.3 is 0 Å². The smallest absolute Gasteiger partial charge is 0.0546 e. The Morgan fingerprint density at radius 1 is 0.289 bits per heavy atom. The van der Waals surface area contributed by atoms with Crippen LogP contribution >= 0.6 is 0 Å². The zero-order chi connectivity index (χ0) is 30.0. The Hall–Kier alpha value is -5.92. The first kappa shape index (κ1) is 26.7. The SMILES string of the molecule is c1ccc(-c2ccc(N(c3ccc(-c4ccccc4-c4ccccc4)cc3)c3cc4ccccc4c4ccccc34)cc2)cc1. The lowest BCUT2D eigenvalue weighted by atomic mass is 9.94. The van der Waals surface area contributed by atoms with Crippen molar-refractivity contribution >= 4 is 38.6 Å². The van der Waals surface area contributed by atoms with E-state index in [0.29, 0.717) is 0 Å². The van der Waals surface area contributed by atoms with Gasteiger partial charge < -0.3 is 4.90 Å². The van der Waals surface area contributed by atoms with Gasteiger partial charge in [-0.1, -0.05) is 158 Å². The van der Waals surface area contributed by atoms with Gasteiger partial charge in [0.25, 0.3) is 0 Å². The zero-order valence-corrected chi connectivity index (χ0v) is 24.8. The fraction of sp³-hybridized carbons (Fsp3) is 0. The monoisotopic (exact) mass is 573 g/mol. The minimum atomic E-state index is 1.11. The maximum atomic E-state index is 2.40. The molecule has 1 heteroatoms. The van der Waals surface area contributed by atoms with Crippen LogP contribution in [0.5, 0.6) is 0 Å². The molecule has 0 atom stereocenters. The van der Waals surface area contributed by atoms with Crippen molar-refractivity contribution in [1.29, 1.82) is 0 Å². The molecule has 212 valence electrons. The van der Waals surface area contributed by atoms with E-state index in [-0.39, 0.29) is 0 Å². The third kappa shape index (κ3) is 5.05. The third-order valence-electron chi connectivity index (χ3n) is 8.67. The molecule has 0 unspecified atom stereocenters. The molecular weight excluding hydrogens is 542 g/mol. The molecule has 8 aromatic carbocycles. The Bertz CT molecular complexity index is 2230. The van der Waals surface area contributed by atoms with Gasteiger partial charge in [-0.25, -0.2) is 0 Å². The molecule has 0 aliphatic carbocycles. The predicted molar refractivity (Wildman–Crippen MR) is 192 cm³/mol. The summed E-state index contributed by atoms with van der Waals surface area (Å²) in [5, 5.41) is 4.97. The Morgan fingerprint density at radius 3 is 1.33 bits per heavy atom. The highest BCUT2D eigenvalue weighted by atomic mass is 15.1. The third-order valence-corrected chi connectivity index (χ3v) is 8.67. The molecule has 0 aliphatic heterocycles. The average molecular weight is 574 g/mol. The van der Waals surface area contributed by atoms with Gasteiger partial charge in [0.15, 0.2) is 0 Å². The average Bonchev–Trinajstić information content (AvgIpc) is 3.13. The van der Waals surface area contributed by atoms with Crippen LogP contribution in [-0.2, 0) is 0 Å². The van der Waals surface area contributed by atoms with E-state index in [2.05, 4.69) is 193 Å². The van der Waals surface area contributed by atoms with Gasteiger partial charge in [0.2, 0.25) is 0 Å². The number of nitrogens with zero attached hydrogens (tertiary/aromatic N) is 1. The summed E-state index contributed by atoms with van der Waals surface area (Å²) in [5.74, 6) is 0. The molecule has 0 bridgehead atoms. The van der Waals surface area contributed by atoms with E-state index < -0.39 is 0 Å². The number of hydrogen-bond acceptors (Lipinski definition) is 1. The highest BCUT2D eigenvalue weighted by Crippen LogP contribution is 2.43. The van der Waals surface area contributed by atoms with Gasteiger partial charge in [-0.05, 0) is 79.9 Å². The Morgan fingerprint density at radius 2 is 0.711 bits per heavy atom. The molecule has 0 saturated heterocycles. The minimum Gasteiger partial charge on any atom is -0.310 e. The van der Waals surface area contributed by atoms with Crippen molar-refractivity contribution < 1.29 is 0 Å². The first-order chi connectivity index (χ1) is 22.3. The number of fused-ring (bicyclic) bond motifs is 3. The van der Waals surface area contributed by atoms with Crippen LogP contribution in [0, 0.1) is 0 Å². The molecule has 0 radical (unpaired) electrons. The highest BCUT2D eigenvalue weighted by molar-refractivity contribution is 6.14. The topological polar surface area (TPSA) is 3.24 Å². The van der Waals surface area contributed by atoms with E-state index in [9.17, 15) is 0 Å². The second-order valence-corrected chi connectivity index (χ2v) is 11.4. The maximum Gasteiger partial charge on any atom is 0.0546 e. The van der Waals surface area contributed by atoms with Crippen LogP contribution in [0.3, 0.4) is 0 Å². The first-order valence-electron chi connectivity index (χ1n) is 15.4. The summed E-state index contributed by atoms with van der Waals surface area (Å²) in [6.45, 7) is 0. The molecule has 8 aromatic rings. The second-order valence-electron chi connectivity index (χ2n) is 11.4. The fourth-order valence-electron chi connectivity index (χ4n) is 6.47. The summed E-state index contributed by atoms with van der Waals surface area (Å²) < 4.78 is 0. The molecule has 45 heavy (non-hydrogen) atoms. The number of hydrogen-bond donors (Lipinski definition) is 0. The lowest BCUT2D eigenvalue weighted by Crippen LogP contribution is -2.10. The summed E-state index contributed by atoms with van der Waals surface area (Å²) in [5.41, 5.74) is 10.7. The van der Waals surface area contributed by atoms with Crippen LogP contribution in [0.25, 0.3) is 54.9 Å². The largest absolute Gasteiger partial charge is 0.310 e.